The maximum atomic E-state index is 2.65. The van der Waals surface area contributed by atoms with Gasteiger partial charge in [0.05, 0.1) is 0 Å². The van der Waals surface area contributed by atoms with E-state index in [1.807, 2.05) is 0 Å². The highest BCUT2D eigenvalue weighted by Gasteiger charge is 2.50. The van der Waals surface area contributed by atoms with Crippen LogP contribution >= 0.6 is 0 Å². The highest BCUT2D eigenvalue weighted by atomic mass is 14.5. The van der Waals surface area contributed by atoms with E-state index in [4.69, 9.17) is 0 Å². The van der Waals surface area contributed by atoms with Crippen LogP contribution in [0.1, 0.15) is 92.4 Å². The first kappa shape index (κ1) is 16.4. The lowest BCUT2D eigenvalue weighted by Crippen LogP contribution is -2.37. The molecule has 0 amide bonds. The zero-order chi connectivity index (χ0) is 14.8. The topological polar surface area (TPSA) is 0 Å². The maximum Gasteiger partial charge on any atom is -0.0266 e. The van der Waals surface area contributed by atoms with Crippen LogP contribution in [0.5, 0.6) is 0 Å². The molecule has 0 heterocycles. The van der Waals surface area contributed by atoms with Crippen LogP contribution < -0.4 is 0 Å². The van der Waals surface area contributed by atoms with Crippen molar-refractivity contribution in [3.05, 3.63) is 0 Å². The zero-order valence-electron chi connectivity index (χ0n) is 14.8. The lowest BCUT2D eigenvalue weighted by Gasteiger charge is -2.45. The summed E-state index contributed by atoms with van der Waals surface area (Å²) in [7, 11) is 0. The van der Waals surface area contributed by atoms with Crippen LogP contribution in [0.2, 0.25) is 0 Å². The van der Waals surface area contributed by atoms with E-state index in [0.717, 1.165) is 29.6 Å². The van der Waals surface area contributed by atoms with Crippen molar-refractivity contribution in [2.45, 2.75) is 92.4 Å². The van der Waals surface area contributed by atoms with Crippen LogP contribution in [-0.2, 0) is 0 Å². The Morgan fingerprint density at radius 2 is 1.80 bits per heavy atom. The first-order valence-corrected chi connectivity index (χ1v) is 9.47. The average molecular weight is 279 g/mol. The second-order valence-corrected chi connectivity index (χ2v) is 8.74. The van der Waals surface area contributed by atoms with Crippen molar-refractivity contribution in [3.8, 4) is 0 Å². The fourth-order valence-corrected chi connectivity index (χ4v) is 5.51. The van der Waals surface area contributed by atoms with Gasteiger partial charge >= 0.3 is 0 Å². The van der Waals surface area contributed by atoms with Crippen molar-refractivity contribution in [1.29, 1.82) is 0 Å². The Balaban J connectivity index is 1.90. The molecule has 2 aliphatic rings. The quantitative estimate of drug-likeness (QED) is 0.507. The highest BCUT2D eigenvalue weighted by Crippen LogP contribution is 2.59. The molecule has 0 saturated heterocycles. The molecule has 0 bridgehead atoms. The van der Waals surface area contributed by atoms with E-state index >= 15 is 0 Å². The first-order chi connectivity index (χ1) is 9.47. The molecule has 0 aromatic rings. The lowest BCUT2D eigenvalue weighted by atomic mass is 9.60. The molecule has 0 aliphatic heterocycles. The summed E-state index contributed by atoms with van der Waals surface area (Å²) in [4.78, 5) is 0. The van der Waals surface area contributed by atoms with Crippen LogP contribution in [0.3, 0.4) is 0 Å². The Morgan fingerprint density at radius 3 is 2.45 bits per heavy atom. The third-order valence-electron chi connectivity index (χ3n) is 7.02. The highest BCUT2D eigenvalue weighted by molar-refractivity contribution is 4.99. The van der Waals surface area contributed by atoms with Gasteiger partial charge in [-0.15, -0.1) is 0 Å². The van der Waals surface area contributed by atoms with Gasteiger partial charge in [-0.1, -0.05) is 60.3 Å². The van der Waals surface area contributed by atoms with Gasteiger partial charge in [0.2, 0.25) is 0 Å². The molecule has 0 heteroatoms. The van der Waals surface area contributed by atoms with Gasteiger partial charge in [-0.2, -0.15) is 0 Å². The van der Waals surface area contributed by atoms with Gasteiger partial charge in [0.1, 0.15) is 0 Å². The molecule has 0 N–H and O–H groups in total. The smallest absolute Gasteiger partial charge is 0.0266 e. The SMILES string of the molecule is CCC1CCC2(C)C(CCC2C(C)CCCC(C)C)C1. The standard InChI is InChI=1S/C20H38/c1-6-17-12-13-20(5)18(14-17)10-11-19(20)16(4)9-7-8-15(2)3/h15-19H,6-14H2,1-5H3. The normalized spacial score (nSPS) is 39.0. The molecule has 2 saturated carbocycles. The number of fused-ring (bicyclic) bond motifs is 1. The third-order valence-corrected chi connectivity index (χ3v) is 7.02. The van der Waals surface area contributed by atoms with E-state index < -0.39 is 0 Å². The summed E-state index contributed by atoms with van der Waals surface area (Å²) in [5.41, 5.74) is 0.697. The van der Waals surface area contributed by atoms with E-state index in [-0.39, 0.29) is 0 Å². The molecule has 0 nitrogen and oxygen atoms in total. The number of hydrogen-bond acceptors (Lipinski definition) is 0. The van der Waals surface area contributed by atoms with Gasteiger partial charge in [-0.3, -0.25) is 0 Å². The summed E-state index contributed by atoms with van der Waals surface area (Å²) in [6, 6.07) is 0. The lowest BCUT2D eigenvalue weighted by molar-refractivity contribution is 0.0421. The van der Waals surface area contributed by atoms with Crippen molar-refractivity contribution in [1.82, 2.24) is 0 Å². The Bertz CT molecular complexity index is 292. The number of rotatable bonds is 6. The van der Waals surface area contributed by atoms with E-state index in [0.29, 0.717) is 5.41 Å². The summed E-state index contributed by atoms with van der Waals surface area (Å²) >= 11 is 0. The fraction of sp³-hybridized carbons (Fsp3) is 1.00. The Hall–Kier alpha value is 0. The van der Waals surface area contributed by atoms with Crippen molar-refractivity contribution in [3.63, 3.8) is 0 Å². The van der Waals surface area contributed by atoms with Crippen molar-refractivity contribution < 1.29 is 0 Å². The van der Waals surface area contributed by atoms with Gasteiger partial charge in [0.15, 0.2) is 0 Å². The molecule has 0 aromatic heterocycles. The first-order valence-electron chi connectivity index (χ1n) is 9.47. The molecular weight excluding hydrogens is 240 g/mol. The van der Waals surface area contributed by atoms with Gasteiger partial charge in [0.25, 0.3) is 0 Å². The summed E-state index contributed by atoms with van der Waals surface area (Å²) in [5.74, 6) is 4.97. The fourth-order valence-electron chi connectivity index (χ4n) is 5.51. The van der Waals surface area contributed by atoms with Gasteiger partial charge in [0, 0.05) is 0 Å². The zero-order valence-corrected chi connectivity index (χ0v) is 14.8. The van der Waals surface area contributed by atoms with Crippen LogP contribution in [0.15, 0.2) is 0 Å². The average Bonchev–Trinajstić information content (AvgIpc) is 2.74. The molecule has 2 rings (SSSR count). The molecule has 0 aromatic carbocycles. The van der Waals surface area contributed by atoms with Crippen molar-refractivity contribution >= 4 is 0 Å². The predicted octanol–water partition coefficient (Wildman–Crippen LogP) is 6.69. The third kappa shape index (κ3) is 3.42. The molecule has 118 valence electrons. The van der Waals surface area contributed by atoms with Crippen molar-refractivity contribution in [2.24, 2.45) is 35.0 Å². The summed E-state index contributed by atoms with van der Waals surface area (Å²) in [6.07, 6.45) is 13.4. The van der Waals surface area contributed by atoms with Gasteiger partial charge < -0.3 is 0 Å². The van der Waals surface area contributed by atoms with Crippen LogP contribution in [0.25, 0.3) is 0 Å². The largest absolute Gasteiger partial charge is 0.0651 e. The maximum absolute atomic E-state index is 2.65. The van der Waals surface area contributed by atoms with Crippen LogP contribution in [-0.4, -0.2) is 0 Å². The molecule has 5 unspecified atom stereocenters. The van der Waals surface area contributed by atoms with E-state index in [1.165, 1.54) is 51.4 Å². The Labute approximate surface area is 128 Å². The monoisotopic (exact) mass is 278 g/mol. The minimum absolute atomic E-state index is 0.697. The molecule has 2 fully saturated rings. The molecule has 0 radical (unpaired) electrons. The van der Waals surface area contributed by atoms with Crippen LogP contribution in [0, 0.1) is 35.0 Å². The second kappa shape index (κ2) is 6.84. The number of hydrogen-bond donors (Lipinski definition) is 0. The molecular formula is C20H38. The molecule has 20 heavy (non-hydrogen) atoms. The Morgan fingerprint density at radius 1 is 1.05 bits per heavy atom. The second-order valence-electron chi connectivity index (χ2n) is 8.74. The Kier molecular flexibility index (Phi) is 5.60. The van der Waals surface area contributed by atoms with Gasteiger partial charge in [-0.25, -0.2) is 0 Å². The summed E-state index contributed by atoms with van der Waals surface area (Å²) in [5, 5.41) is 0. The summed E-state index contributed by atoms with van der Waals surface area (Å²) < 4.78 is 0. The van der Waals surface area contributed by atoms with Gasteiger partial charge in [-0.05, 0) is 67.1 Å². The van der Waals surface area contributed by atoms with E-state index in [2.05, 4.69) is 34.6 Å². The minimum Gasteiger partial charge on any atom is -0.0651 e. The predicted molar refractivity (Wildman–Crippen MR) is 89.8 cm³/mol. The van der Waals surface area contributed by atoms with Crippen molar-refractivity contribution in [2.75, 3.05) is 0 Å². The molecule has 5 atom stereocenters. The van der Waals surface area contributed by atoms with E-state index in [9.17, 15) is 0 Å². The summed E-state index contributed by atoms with van der Waals surface area (Å²) in [6.45, 7) is 12.3. The molecule has 2 aliphatic carbocycles. The van der Waals surface area contributed by atoms with Crippen LogP contribution in [0.4, 0.5) is 0 Å². The minimum atomic E-state index is 0.697. The molecule has 0 spiro atoms. The van der Waals surface area contributed by atoms with E-state index in [1.54, 1.807) is 6.42 Å².